The van der Waals surface area contributed by atoms with Gasteiger partial charge < -0.3 is 10.2 Å². The molecule has 0 radical (unpaired) electrons. The second kappa shape index (κ2) is 5.63. The van der Waals surface area contributed by atoms with Crippen molar-refractivity contribution in [3.8, 4) is 0 Å². The molecule has 0 saturated heterocycles. The Kier molecular flexibility index (Phi) is 4.15. The first-order valence-corrected chi connectivity index (χ1v) is 6.95. The molecule has 2 nitrogen and oxygen atoms in total. The molecule has 0 aliphatic rings. The standard InChI is InChI=1S/C15H19NOS/c1-10-8-13(9-11(2)16)4-5-14(10)18-15-6-7-17-12(15)3/h4-8,11H,9,16H2,1-3H3. The summed E-state index contributed by atoms with van der Waals surface area (Å²) in [4.78, 5) is 2.45. The number of rotatable bonds is 4. The molecule has 0 bridgehead atoms. The largest absolute Gasteiger partial charge is 0.468 e. The predicted octanol–water partition coefficient (Wildman–Crippen LogP) is 3.94. The van der Waals surface area contributed by atoms with Crippen LogP contribution >= 0.6 is 11.8 Å². The van der Waals surface area contributed by atoms with Crippen molar-refractivity contribution in [3.05, 3.63) is 47.4 Å². The van der Waals surface area contributed by atoms with E-state index >= 15 is 0 Å². The summed E-state index contributed by atoms with van der Waals surface area (Å²) in [6.07, 6.45) is 2.66. The molecule has 96 valence electrons. The summed E-state index contributed by atoms with van der Waals surface area (Å²) in [5.74, 6) is 0.971. The molecule has 2 rings (SSSR count). The van der Waals surface area contributed by atoms with Crippen molar-refractivity contribution in [1.82, 2.24) is 0 Å². The maximum Gasteiger partial charge on any atom is 0.114 e. The van der Waals surface area contributed by atoms with Gasteiger partial charge in [-0.15, -0.1) is 0 Å². The topological polar surface area (TPSA) is 39.2 Å². The molecule has 0 saturated carbocycles. The van der Waals surface area contributed by atoms with E-state index in [-0.39, 0.29) is 6.04 Å². The number of nitrogens with two attached hydrogens (primary N) is 1. The van der Waals surface area contributed by atoms with E-state index in [0.717, 1.165) is 12.2 Å². The van der Waals surface area contributed by atoms with E-state index in [1.165, 1.54) is 20.9 Å². The number of hydrogen-bond donors (Lipinski definition) is 1. The van der Waals surface area contributed by atoms with Gasteiger partial charge in [0.05, 0.1) is 11.2 Å². The Morgan fingerprint density at radius 2 is 2.00 bits per heavy atom. The first-order valence-electron chi connectivity index (χ1n) is 6.13. The van der Waals surface area contributed by atoms with Gasteiger partial charge in [0.15, 0.2) is 0 Å². The molecule has 1 aromatic heterocycles. The van der Waals surface area contributed by atoms with Crippen molar-refractivity contribution in [3.63, 3.8) is 0 Å². The lowest BCUT2D eigenvalue weighted by Crippen LogP contribution is -2.17. The lowest BCUT2D eigenvalue weighted by atomic mass is 10.1. The zero-order valence-corrected chi connectivity index (χ0v) is 11.9. The number of aryl methyl sites for hydroxylation is 2. The summed E-state index contributed by atoms with van der Waals surface area (Å²) in [6, 6.07) is 8.77. The minimum atomic E-state index is 0.207. The quantitative estimate of drug-likeness (QED) is 0.906. The molecule has 0 aliphatic heterocycles. The summed E-state index contributed by atoms with van der Waals surface area (Å²) in [7, 11) is 0. The molecule has 0 spiro atoms. The van der Waals surface area contributed by atoms with Crippen LogP contribution in [0.15, 0.2) is 44.7 Å². The molecule has 0 aliphatic carbocycles. The van der Waals surface area contributed by atoms with Crippen LogP contribution in [0.1, 0.15) is 23.8 Å². The Balaban J connectivity index is 2.17. The lowest BCUT2D eigenvalue weighted by molar-refractivity contribution is 0.527. The Bertz CT molecular complexity index is 531. The van der Waals surface area contributed by atoms with Crippen molar-refractivity contribution in [2.75, 3.05) is 0 Å². The molecule has 1 aromatic carbocycles. The fourth-order valence-electron chi connectivity index (χ4n) is 1.92. The average Bonchev–Trinajstić information content (AvgIpc) is 2.67. The zero-order chi connectivity index (χ0) is 13.1. The first-order chi connectivity index (χ1) is 8.56. The molecular formula is C15H19NOS. The van der Waals surface area contributed by atoms with Crippen molar-refractivity contribution < 1.29 is 4.42 Å². The summed E-state index contributed by atoms with van der Waals surface area (Å²) in [5, 5.41) is 0. The Morgan fingerprint density at radius 3 is 2.56 bits per heavy atom. The maximum absolute atomic E-state index is 5.82. The van der Waals surface area contributed by atoms with Crippen LogP contribution < -0.4 is 5.73 Å². The molecule has 1 atom stereocenters. The molecule has 2 aromatic rings. The molecule has 3 heteroatoms. The van der Waals surface area contributed by atoms with Gasteiger partial charge in [0.1, 0.15) is 5.76 Å². The van der Waals surface area contributed by atoms with E-state index in [1.807, 2.05) is 19.9 Å². The van der Waals surface area contributed by atoms with E-state index < -0.39 is 0 Å². The van der Waals surface area contributed by atoms with Crippen LogP contribution in [0.25, 0.3) is 0 Å². The fraction of sp³-hybridized carbons (Fsp3) is 0.333. The van der Waals surface area contributed by atoms with Crippen molar-refractivity contribution in [2.45, 2.75) is 43.0 Å². The summed E-state index contributed by atoms with van der Waals surface area (Å²) < 4.78 is 5.32. The van der Waals surface area contributed by atoms with E-state index in [2.05, 4.69) is 25.1 Å². The van der Waals surface area contributed by atoms with Crippen molar-refractivity contribution in [1.29, 1.82) is 0 Å². The third-order valence-corrected chi connectivity index (χ3v) is 4.15. The van der Waals surface area contributed by atoms with Crippen LogP contribution in [0.5, 0.6) is 0 Å². The van der Waals surface area contributed by atoms with E-state index in [9.17, 15) is 0 Å². The fourth-order valence-corrected chi connectivity index (χ4v) is 2.83. The molecule has 0 fully saturated rings. The number of benzene rings is 1. The van der Waals surface area contributed by atoms with Gasteiger partial charge in [0.2, 0.25) is 0 Å². The summed E-state index contributed by atoms with van der Waals surface area (Å²) in [5.41, 5.74) is 8.42. The van der Waals surface area contributed by atoms with Crippen molar-refractivity contribution in [2.24, 2.45) is 5.73 Å². The minimum absolute atomic E-state index is 0.207. The average molecular weight is 261 g/mol. The SMILES string of the molecule is Cc1cc(CC(C)N)ccc1Sc1ccoc1C. The molecule has 2 N–H and O–H groups in total. The van der Waals surface area contributed by atoms with Crippen LogP contribution in [0, 0.1) is 13.8 Å². The van der Waals surface area contributed by atoms with Gasteiger partial charge in [-0.25, -0.2) is 0 Å². The van der Waals surface area contributed by atoms with Crippen LogP contribution in [-0.4, -0.2) is 6.04 Å². The summed E-state index contributed by atoms with van der Waals surface area (Å²) in [6.45, 7) is 6.16. The van der Waals surface area contributed by atoms with Crippen LogP contribution in [0.3, 0.4) is 0 Å². The zero-order valence-electron chi connectivity index (χ0n) is 11.1. The van der Waals surface area contributed by atoms with Gasteiger partial charge in [-0.05, 0) is 50.5 Å². The minimum Gasteiger partial charge on any atom is -0.468 e. The second-order valence-electron chi connectivity index (χ2n) is 4.72. The second-order valence-corrected chi connectivity index (χ2v) is 5.81. The monoisotopic (exact) mass is 261 g/mol. The lowest BCUT2D eigenvalue weighted by Gasteiger charge is -2.09. The van der Waals surface area contributed by atoms with Gasteiger partial charge >= 0.3 is 0 Å². The third kappa shape index (κ3) is 3.18. The molecular weight excluding hydrogens is 242 g/mol. The van der Waals surface area contributed by atoms with Crippen molar-refractivity contribution >= 4 is 11.8 Å². The van der Waals surface area contributed by atoms with Gasteiger partial charge in [-0.1, -0.05) is 23.9 Å². The van der Waals surface area contributed by atoms with Crippen LogP contribution in [-0.2, 0) is 6.42 Å². The Labute approximate surface area is 113 Å². The molecule has 1 heterocycles. The van der Waals surface area contributed by atoms with Gasteiger partial charge in [0.25, 0.3) is 0 Å². The Hall–Kier alpha value is -1.19. The van der Waals surface area contributed by atoms with Gasteiger partial charge in [-0.2, -0.15) is 0 Å². The maximum atomic E-state index is 5.82. The molecule has 1 unspecified atom stereocenters. The van der Waals surface area contributed by atoms with E-state index in [4.69, 9.17) is 10.2 Å². The highest BCUT2D eigenvalue weighted by Gasteiger charge is 2.07. The number of hydrogen-bond acceptors (Lipinski definition) is 3. The van der Waals surface area contributed by atoms with E-state index in [0.29, 0.717) is 0 Å². The third-order valence-electron chi connectivity index (χ3n) is 2.83. The highest BCUT2D eigenvalue weighted by Crippen LogP contribution is 2.33. The predicted molar refractivity (Wildman–Crippen MR) is 76.1 cm³/mol. The van der Waals surface area contributed by atoms with E-state index in [1.54, 1.807) is 18.0 Å². The highest BCUT2D eigenvalue weighted by molar-refractivity contribution is 7.99. The van der Waals surface area contributed by atoms with Crippen LogP contribution in [0.2, 0.25) is 0 Å². The number of furan rings is 1. The highest BCUT2D eigenvalue weighted by atomic mass is 32.2. The normalized spacial score (nSPS) is 12.7. The first kappa shape index (κ1) is 13.2. The smallest absolute Gasteiger partial charge is 0.114 e. The van der Waals surface area contributed by atoms with Gasteiger partial charge in [0, 0.05) is 10.9 Å². The molecule has 18 heavy (non-hydrogen) atoms. The summed E-state index contributed by atoms with van der Waals surface area (Å²) >= 11 is 1.75. The molecule has 0 amide bonds. The Morgan fingerprint density at radius 1 is 1.22 bits per heavy atom. The van der Waals surface area contributed by atoms with Crippen LogP contribution in [0.4, 0.5) is 0 Å². The van der Waals surface area contributed by atoms with Gasteiger partial charge in [-0.3, -0.25) is 0 Å².